The molecule has 1 atom stereocenters. The molecule has 3 N–H and O–H groups in total. The molecule has 7 heteroatoms. The number of unbranched alkanes of at least 4 members (excludes halogenated alkanes) is 1. The molecule has 0 spiro atoms. The second-order valence-corrected chi connectivity index (χ2v) is 5.07. The molecule has 1 heterocycles. The van der Waals surface area contributed by atoms with Crippen molar-refractivity contribution in [1.82, 2.24) is 15.5 Å². The molecular weight excluding hydrogens is 272 g/mol. The second kappa shape index (κ2) is 9.23. The minimum atomic E-state index is -0.316. The van der Waals surface area contributed by atoms with Gasteiger partial charge in [-0.15, -0.1) is 10.2 Å². The lowest BCUT2D eigenvalue weighted by Crippen LogP contribution is -2.28. The summed E-state index contributed by atoms with van der Waals surface area (Å²) in [6.07, 6.45) is 3.77. The van der Waals surface area contributed by atoms with E-state index in [4.69, 9.17) is 10.2 Å². The third-order valence-electron chi connectivity index (χ3n) is 2.94. The highest BCUT2D eigenvalue weighted by atomic mass is 16.4. The molecule has 0 aliphatic carbocycles. The molecule has 1 aromatic heterocycles. The molecule has 1 amide bonds. The Bertz CT molecular complexity index is 459. The standard InChI is InChI=1S/C14H24N4O3/c1-3-6-12(20)16-11(7-4-5-8-15)14-18-17-13(21-14)9-10(2)19/h11H,3-9,15H2,1-2H3,(H,16,20)/t11-/m0/s1. The van der Waals surface area contributed by atoms with Crippen molar-refractivity contribution in [2.24, 2.45) is 5.73 Å². The van der Waals surface area contributed by atoms with Gasteiger partial charge in [0.05, 0.1) is 6.42 Å². The van der Waals surface area contributed by atoms with Gasteiger partial charge >= 0.3 is 0 Å². The highest BCUT2D eigenvalue weighted by Gasteiger charge is 2.20. The number of nitrogens with zero attached hydrogens (tertiary/aromatic N) is 2. The fraction of sp³-hybridized carbons (Fsp3) is 0.714. The quantitative estimate of drug-likeness (QED) is 0.629. The highest BCUT2D eigenvalue weighted by molar-refractivity contribution is 5.77. The molecule has 21 heavy (non-hydrogen) atoms. The van der Waals surface area contributed by atoms with Gasteiger partial charge in [-0.1, -0.05) is 6.92 Å². The fourth-order valence-electron chi connectivity index (χ4n) is 1.94. The van der Waals surface area contributed by atoms with E-state index in [-0.39, 0.29) is 30.0 Å². The first-order valence-corrected chi connectivity index (χ1v) is 7.38. The van der Waals surface area contributed by atoms with Crippen LogP contribution >= 0.6 is 0 Å². The Labute approximate surface area is 124 Å². The molecule has 0 bridgehead atoms. The monoisotopic (exact) mass is 296 g/mol. The molecule has 7 nitrogen and oxygen atoms in total. The van der Waals surface area contributed by atoms with Crippen molar-refractivity contribution in [3.05, 3.63) is 11.8 Å². The predicted octanol–water partition coefficient (Wildman–Crippen LogP) is 1.29. The topological polar surface area (TPSA) is 111 Å². The maximum absolute atomic E-state index is 11.8. The largest absolute Gasteiger partial charge is 0.423 e. The zero-order chi connectivity index (χ0) is 15.7. The van der Waals surface area contributed by atoms with Crippen molar-refractivity contribution in [3.8, 4) is 0 Å². The maximum atomic E-state index is 11.8. The second-order valence-electron chi connectivity index (χ2n) is 5.07. The SMILES string of the molecule is CCCC(=O)N[C@@H](CCCCN)c1nnc(CC(C)=O)o1. The molecule has 0 aliphatic rings. The van der Waals surface area contributed by atoms with Crippen molar-refractivity contribution in [3.63, 3.8) is 0 Å². The van der Waals surface area contributed by atoms with Crippen LogP contribution in [0.5, 0.6) is 0 Å². The van der Waals surface area contributed by atoms with E-state index >= 15 is 0 Å². The summed E-state index contributed by atoms with van der Waals surface area (Å²) in [5.74, 6) is 0.556. The van der Waals surface area contributed by atoms with Crippen LogP contribution in [0.2, 0.25) is 0 Å². The molecule has 0 aromatic carbocycles. The molecule has 0 radical (unpaired) electrons. The predicted molar refractivity (Wildman–Crippen MR) is 77.4 cm³/mol. The molecular formula is C14H24N4O3. The summed E-state index contributed by atoms with van der Waals surface area (Å²) in [6.45, 7) is 4.02. The first kappa shape index (κ1) is 17.3. The van der Waals surface area contributed by atoms with E-state index in [0.717, 1.165) is 19.3 Å². The molecule has 0 unspecified atom stereocenters. The summed E-state index contributed by atoms with van der Waals surface area (Å²) in [5.41, 5.74) is 5.49. The van der Waals surface area contributed by atoms with Gasteiger partial charge in [0.2, 0.25) is 17.7 Å². The van der Waals surface area contributed by atoms with E-state index in [0.29, 0.717) is 25.3 Å². The number of amides is 1. The lowest BCUT2D eigenvalue weighted by atomic mass is 10.1. The number of carbonyl (C=O) groups is 2. The van der Waals surface area contributed by atoms with Gasteiger partial charge in [-0.2, -0.15) is 0 Å². The summed E-state index contributed by atoms with van der Waals surface area (Å²) < 4.78 is 5.48. The van der Waals surface area contributed by atoms with Crippen molar-refractivity contribution in [1.29, 1.82) is 0 Å². The lowest BCUT2D eigenvalue weighted by Gasteiger charge is -2.14. The van der Waals surface area contributed by atoms with Gasteiger partial charge in [-0.05, 0) is 39.2 Å². The Kier molecular flexibility index (Phi) is 7.60. The Morgan fingerprint density at radius 2 is 2.10 bits per heavy atom. The minimum Gasteiger partial charge on any atom is -0.423 e. The normalized spacial score (nSPS) is 12.1. The third-order valence-corrected chi connectivity index (χ3v) is 2.94. The number of rotatable bonds is 10. The molecule has 0 saturated carbocycles. The Balaban J connectivity index is 2.71. The highest BCUT2D eigenvalue weighted by Crippen LogP contribution is 2.19. The van der Waals surface area contributed by atoms with Crippen LogP contribution in [-0.4, -0.2) is 28.4 Å². The van der Waals surface area contributed by atoms with Crippen LogP contribution < -0.4 is 11.1 Å². The van der Waals surface area contributed by atoms with Crippen LogP contribution in [0.25, 0.3) is 0 Å². The number of aromatic nitrogens is 2. The molecule has 0 aliphatic heterocycles. The summed E-state index contributed by atoms with van der Waals surface area (Å²) in [5, 5.41) is 10.7. The van der Waals surface area contributed by atoms with E-state index in [1.165, 1.54) is 6.92 Å². The average molecular weight is 296 g/mol. The minimum absolute atomic E-state index is 0.0402. The summed E-state index contributed by atoms with van der Waals surface area (Å²) in [6, 6.07) is -0.316. The van der Waals surface area contributed by atoms with Gasteiger partial charge in [0.1, 0.15) is 11.8 Å². The fourth-order valence-corrected chi connectivity index (χ4v) is 1.94. The van der Waals surface area contributed by atoms with Crippen molar-refractivity contribution < 1.29 is 14.0 Å². The molecule has 118 valence electrons. The number of nitrogens with one attached hydrogen (secondary N) is 1. The van der Waals surface area contributed by atoms with Gasteiger partial charge < -0.3 is 15.5 Å². The van der Waals surface area contributed by atoms with Crippen LogP contribution in [0.4, 0.5) is 0 Å². The van der Waals surface area contributed by atoms with E-state index in [1.807, 2.05) is 6.92 Å². The summed E-state index contributed by atoms with van der Waals surface area (Å²) >= 11 is 0. The summed E-state index contributed by atoms with van der Waals surface area (Å²) in [4.78, 5) is 22.8. The smallest absolute Gasteiger partial charge is 0.238 e. The zero-order valence-corrected chi connectivity index (χ0v) is 12.7. The van der Waals surface area contributed by atoms with Gasteiger partial charge in [0.25, 0.3) is 0 Å². The summed E-state index contributed by atoms with van der Waals surface area (Å²) in [7, 11) is 0. The molecule has 1 aromatic rings. The van der Waals surface area contributed by atoms with Crippen molar-refractivity contribution >= 4 is 11.7 Å². The molecule has 0 fully saturated rings. The van der Waals surface area contributed by atoms with Crippen molar-refractivity contribution in [2.75, 3.05) is 6.54 Å². The van der Waals surface area contributed by atoms with E-state index in [1.54, 1.807) is 0 Å². The van der Waals surface area contributed by atoms with Crippen LogP contribution in [-0.2, 0) is 16.0 Å². The average Bonchev–Trinajstić information content (AvgIpc) is 2.85. The Hall–Kier alpha value is -1.76. The van der Waals surface area contributed by atoms with Crippen LogP contribution in [0.3, 0.4) is 0 Å². The Morgan fingerprint density at radius 1 is 1.33 bits per heavy atom. The van der Waals surface area contributed by atoms with Crippen LogP contribution in [0, 0.1) is 0 Å². The molecule has 1 rings (SSSR count). The number of hydrogen-bond acceptors (Lipinski definition) is 6. The zero-order valence-electron chi connectivity index (χ0n) is 12.7. The van der Waals surface area contributed by atoms with Gasteiger partial charge in [0, 0.05) is 6.42 Å². The number of nitrogens with two attached hydrogens (primary N) is 1. The maximum Gasteiger partial charge on any atom is 0.238 e. The van der Waals surface area contributed by atoms with Gasteiger partial charge in [-0.3, -0.25) is 9.59 Å². The number of hydrogen-bond donors (Lipinski definition) is 2. The third kappa shape index (κ3) is 6.48. The number of ketones is 1. The Morgan fingerprint density at radius 3 is 2.71 bits per heavy atom. The first-order valence-electron chi connectivity index (χ1n) is 7.38. The van der Waals surface area contributed by atoms with Crippen LogP contribution in [0.15, 0.2) is 4.42 Å². The van der Waals surface area contributed by atoms with Gasteiger partial charge in [0.15, 0.2) is 0 Å². The first-order chi connectivity index (χ1) is 10.1. The van der Waals surface area contributed by atoms with E-state index < -0.39 is 0 Å². The van der Waals surface area contributed by atoms with Gasteiger partial charge in [-0.25, -0.2) is 0 Å². The van der Waals surface area contributed by atoms with E-state index in [9.17, 15) is 9.59 Å². The van der Waals surface area contributed by atoms with Crippen LogP contribution in [0.1, 0.15) is 63.8 Å². The van der Waals surface area contributed by atoms with E-state index in [2.05, 4.69) is 15.5 Å². The van der Waals surface area contributed by atoms with Crippen molar-refractivity contribution in [2.45, 2.75) is 58.4 Å². The number of Topliss-reactive ketones (excluding diaryl/α,β-unsaturated/α-hetero) is 1. The lowest BCUT2D eigenvalue weighted by molar-refractivity contribution is -0.122. The number of carbonyl (C=O) groups excluding carboxylic acids is 2. The molecule has 0 saturated heterocycles.